The Kier molecular flexibility index (Phi) is 4.99. The highest BCUT2D eigenvalue weighted by Crippen LogP contribution is 2.25. The van der Waals surface area contributed by atoms with E-state index >= 15 is 0 Å². The minimum Gasteiger partial charge on any atom is -0.336 e. The number of aromatic nitrogens is 2. The van der Waals surface area contributed by atoms with Crippen LogP contribution in [0.3, 0.4) is 0 Å². The lowest BCUT2D eigenvalue weighted by molar-refractivity contribution is 0.0633. The summed E-state index contributed by atoms with van der Waals surface area (Å²) in [5, 5.41) is 7.95. The van der Waals surface area contributed by atoms with Crippen LogP contribution in [0.1, 0.15) is 33.7 Å². The van der Waals surface area contributed by atoms with Crippen molar-refractivity contribution >= 4 is 34.4 Å². The lowest BCUT2D eigenvalue weighted by atomic mass is 9.90. The molecule has 0 saturated carbocycles. The van der Waals surface area contributed by atoms with Crippen molar-refractivity contribution in [1.82, 2.24) is 15.1 Å². The lowest BCUT2D eigenvalue weighted by Crippen LogP contribution is -2.42. The van der Waals surface area contributed by atoms with Gasteiger partial charge in [-0.3, -0.25) is 14.7 Å². The molecular formula is C21H21N3O2S. The van der Waals surface area contributed by atoms with Crippen LogP contribution in [-0.4, -0.2) is 46.1 Å². The number of nitrogens with one attached hydrogen (secondary N) is 1. The fraction of sp³-hybridized carbons (Fsp3) is 0.286. The normalized spacial score (nSPS) is 17.2. The van der Waals surface area contributed by atoms with Gasteiger partial charge in [-0.25, -0.2) is 0 Å². The van der Waals surface area contributed by atoms with Gasteiger partial charge in [-0.2, -0.15) is 5.10 Å². The number of hydrogen-bond acceptors (Lipinski definition) is 4. The molecule has 1 aromatic heterocycles. The summed E-state index contributed by atoms with van der Waals surface area (Å²) in [4.78, 5) is 28.8. The van der Waals surface area contributed by atoms with Gasteiger partial charge < -0.3 is 4.90 Å². The summed E-state index contributed by atoms with van der Waals surface area (Å²) in [5.41, 5.74) is 2.00. The Morgan fingerprint density at radius 1 is 1.15 bits per heavy atom. The molecule has 0 spiro atoms. The molecule has 1 unspecified atom stereocenters. The third-order valence-electron chi connectivity index (χ3n) is 5.13. The van der Waals surface area contributed by atoms with Crippen LogP contribution in [0.4, 0.5) is 0 Å². The second kappa shape index (κ2) is 7.56. The number of likely N-dealkylation sites (tertiary alicyclic amines) is 1. The molecule has 138 valence electrons. The van der Waals surface area contributed by atoms with Gasteiger partial charge in [-0.05, 0) is 37.3 Å². The Morgan fingerprint density at radius 2 is 1.93 bits per heavy atom. The number of piperidine rings is 1. The SMILES string of the molecule is CSc1ccc(C(=O)C2CCCN(C(=O)c3n[nH]c4ccccc34)C2)cc1. The van der Waals surface area contributed by atoms with Crippen LogP contribution >= 0.6 is 11.8 Å². The van der Waals surface area contributed by atoms with E-state index in [1.54, 1.807) is 16.7 Å². The van der Waals surface area contributed by atoms with Gasteiger partial charge in [0.05, 0.1) is 5.52 Å². The first-order chi connectivity index (χ1) is 13.2. The van der Waals surface area contributed by atoms with Gasteiger partial charge in [0.15, 0.2) is 11.5 Å². The molecule has 1 atom stereocenters. The zero-order chi connectivity index (χ0) is 18.8. The number of amides is 1. The summed E-state index contributed by atoms with van der Waals surface area (Å²) < 4.78 is 0. The molecule has 1 saturated heterocycles. The van der Waals surface area contributed by atoms with Crippen LogP contribution in [0.15, 0.2) is 53.4 Å². The molecule has 0 aliphatic carbocycles. The molecule has 2 heterocycles. The van der Waals surface area contributed by atoms with E-state index in [1.807, 2.05) is 54.8 Å². The predicted octanol–water partition coefficient (Wildman–Crippen LogP) is 4.02. The largest absolute Gasteiger partial charge is 0.336 e. The fourth-order valence-corrected chi connectivity index (χ4v) is 4.05. The van der Waals surface area contributed by atoms with Gasteiger partial charge in [-0.15, -0.1) is 11.8 Å². The Morgan fingerprint density at radius 3 is 2.70 bits per heavy atom. The predicted molar refractivity (Wildman–Crippen MR) is 107 cm³/mol. The lowest BCUT2D eigenvalue weighted by Gasteiger charge is -2.31. The molecular weight excluding hydrogens is 358 g/mol. The summed E-state index contributed by atoms with van der Waals surface area (Å²) in [6.45, 7) is 1.11. The maximum Gasteiger partial charge on any atom is 0.275 e. The topological polar surface area (TPSA) is 66.1 Å². The molecule has 4 rings (SSSR count). The number of thioether (sulfide) groups is 1. The molecule has 1 fully saturated rings. The number of nitrogens with zero attached hydrogens (tertiary/aromatic N) is 2. The minimum absolute atomic E-state index is 0.109. The molecule has 1 N–H and O–H groups in total. The number of aromatic amines is 1. The molecule has 1 aliphatic rings. The average Bonchev–Trinajstić information content (AvgIpc) is 3.17. The fourth-order valence-electron chi connectivity index (χ4n) is 3.64. The number of benzene rings is 2. The van der Waals surface area contributed by atoms with Gasteiger partial charge in [-0.1, -0.05) is 30.3 Å². The summed E-state index contributed by atoms with van der Waals surface area (Å²) in [6, 6.07) is 15.3. The van der Waals surface area contributed by atoms with Crippen molar-refractivity contribution < 1.29 is 9.59 Å². The number of Topliss-reactive ketones (excluding diaryl/α,β-unsaturated/α-hetero) is 1. The third kappa shape index (κ3) is 3.49. The van der Waals surface area contributed by atoms with Crippen molar-refractivity contribution in [2.45, 2.75) is 17.7 Å². The first kappa shape index (κ1) is 17.8. The van der Waals surface area contributed by atoms with E-state index in [9.17, 15) is 9.59 Å². The molecule has 5 nitrogen and oxygen atoms in total. The Bertz CT molecular complexity index is 981. The number of H-pyrrole nitrogens is 1. The van der Waals surface area contributed by atoms with E-state index in [0.717, 1.165) is 34.2 Å². The molecule has 2 aromatic carbocycles. The van der Waals surface area contributed by atoms with E-state index in [4.69, 9.17) is 0 Å². The summed E-state index contributed by atoms with van der Waals surface area (Å²) in [6.07, 6.45) is 3.65. The number of carbonyl (C=O) groups excluding carboxylic acids is 2. The highest BCUT2D eigenvalue weighted by atomic mass is 32.2. The summed E-state index contributed by atoms with van der Waals surface area (Å²) in [7, 11) is 0. The van der Waals surface area contributed by atoms with Crippen molar-refractivity contribution in [1.29, 1.82) is 0 Å². The standard InChI is InChI=1S/C21H21N3O2S/c1-27-16-10-8-14(9-11-16)20(25)15-5-4-12-24(13-15)21(26)19-17-6-2-3-7-18(17)22-23-19/h2-3,6-11,15H,4-5,12-13H2,1H3,(H,22,23). The van der Waals surface area contributed by atoms with E-state index < -0.39 is 0 Å². The second-order valence-corrected chi connectivity index (χ2v) is 7.68. The van der Waals surface area contributed by atoms with Gasteiger partial charge in [0.1, 0.15) is 0 Å². The smallest absolute Gasteiger partial charge is 0.275 e. The molecule has 1 aliphatic heterocycles. The van der Waals surface area contributed by atoms with Gasteiger partial charge in [0.25, 0.3) is 5.91 Å². The van der Waals surface area contributed by atoms with E-state index in [-0.39, 0.29) is 17.6 Å². The molecule has 1 amide bonds. The van der Waals surface area contributed by atoms with E-state index in [0.29, 0.717) is 18.8 Å². The monoisotopic (exact) mass is 379 g/mol. The van der Waals surface area contributed by atoms with Crippen molar-refractivity contribution in [2.75, 3.05) is 19.3 Å². The van der Waals surface area contributed by atoms with Crippen LogP contribution in [0, 0.1) is 5.92 Å². The molecule has 0 bridgehead atoms. The summed E-state index contributed by atoms with van der Waals surface area (Å²) >= 11 is 1.65. The van der Waals surface area contributed by atoms with Crippen LogP contribution in [0.25, 0.3) is 10.9 Å². The first-order valence-corrected chi connectivity index (χ1v) is 10.3. The van der Waals surface area contributed by atoms with Crippen LogP contribution < -0.4 is 0 Å². The second-order valence-electron chi connectivity index (χ2n) is 6.80. The third-order valence-corrected chi connectivity index (χ3v) is 5.87. The Labute approximate surface area is 162 Å². The van der Waals surface area contributed by atoms with Crippen LogP contribution in [0.5, 0.6) is 0 Å². The Hall–Kier alpha value is -2.60. The zero-order valence-electron chi connectivity index (χ0n) is 15.1. The number of fused-ring (bicyclic) bond motifs is 1. The quantitative estimate of drug-likeness (QED) is 0.549. The van der Waals surface area contributed by atoms with E-state index in [2.05, 4.69) is 10.2 Å². The van der Waals surface area contributed by atoms with Gasteiger partial charge in [0, 0.05) is 34.9 Å². The Balaban J connectivity index is 1.52. The van der Waals surface area contributed by atoms with Crippen molar-refractivity contribution in [3.8, 4) is 0 Å². The molecule has 6 heteroatoms. The number of para-hydroxylation sites is 1. The highest BCUT2D eigenvalue weighted by Gasteiger charge is 2.31. The van der Waals surface area contributed by atoms with E-state index in [1.165, 1.54) is 0 Å². The van der Waals surface area contributed by atoms with Crippen molar-refractivity contribution in [3.05, 3.63) is 59.8 Å². The van der Waals surface area contributed by atoms with Crippen molar-refractivity contribution in [2.24, 2.45) is 5.92 Å². The molecule has 3 aromatic rings. The maximum absolute atomic E-state index is 13.0. The number of carbonyl (C=O) groups is 2. The molecule has 27 heavy (non-hydrogen) atoms. The molecule has 0 radical (unpaired) electrons. The zero-order valence-corrected chi connectivity index (χ0v) is 16.0. The van der Waals surface area contributed by atoms with Gasteiger partial charge >= 0.3 is 0 Å². The minimum atomic E-state index is -0.159. The highest BCUT2D eigenvalue weighted by molar-refractivity contribution is 7.98. The maximum atomic E-state index is 13.0. The first-order valence-electron chi connectivity index (χ1n) is 9.08. The summed E-state index contributed by atoms with van der Waals surface area (Å²) in [5.74, 6) is -0.150. The average molecular weight is 379 g/mol. The number of rotatable bonds is 4. The van der Waals surface area contributed by atoms with Crippen molar-refractivity contribution in [3.63, 3.8) is 0 Å². The van der Waals surface area contributed by atoms with Gasteiger partial charge in [0.2, 0.25) is 0 Å². The van der Waals surface area contributed by atoms with Crippen LogP contribution in [0.2, 0.25) is 0 Å². The number of ketones is 1. The number of hydrogen-bond donors (Lipinski definition) is 1. The van der Waals surface area contributed by atoms with Crippen LogP contribution in [-0.2, 0) is 0 Å².